The lowest BCUT2D eigenvalue weighted by molar-refractivity contribution is 0.283. The summed E-state index contributed by atoms with van der Waals surface area (Å²) < 4.78 is 1.77. The number of hydrazone groups is 1. The minimum atomic E-state index is -0.150. The van der Waals surface area contributed by atoms with Gasteiger partial charge in [0.15, 0.2) is 0 Å². The summed E-state index contributed by atoms with van der Waals surface area (Å²) in [6.45, 7) is 0.435. The fourth-order valence-corrected chi connectivity index (χ4v) is 5.85. The van der Waals surface area contributed by atoms with E-state index in [1.54, 1.807) is 23.2 Å². The van der Waals surface area contributed by atoms with Crippen molar-refractivity contribution in [3.8, 4) is 11.3 Å². The second-order valence-corrected chi connectivity index (χ2v) is 9.86. The molecule has 2 aliphatic carbocycles. The topological polar surface area (TPSA) is 72.2 Å². The molecule has 2 aromatic heterocycles. The fraction of sp³-hybridized carbons (Fsp3) is 0.267. The largest absolute Gasteiger partial charge is 0.273 e. The molecule has 0 aliphatic heterocycles. The van der Waals surface area contributed by atoms with Gasteiger partial charge in [0.25, 0.3) is 5.56 Å². The SMILES string of the molecule is O=c1c2c(nc(NN=Cc3ccncc3)n1Cc1ccccc1)-c1ccccc1CC21CCCCC1. The molecule has 6 heteroatoms. The molecule has 0 amide bonds. The zero-order valence-electron chi connectivity index (χ0n) is 20.2. The summed E-state index contributed by atoms with van der Waals surface area (Å²) in [5, 5.41) is 4.44. The van der Waals surface area contributed by atoms with Crippen LogP contribution in [-0.2, 0) is 18.4 Å². The van der Waals surface area contributed by atoms with E-state index >= 15 is 0 Å². The summed E-state index contributed by atoms with van der Waals surface area (Å²) in [7, 11) is 0. The van der Waals surface area contributed by atoms with Crippen molar-refractivity contribution in [1.82, 2.24) is 14.5 Å². The number of hydrogen-bond acceptors (Lipinski definition) is 5. The number of fused-ring (bicyclic) bond motifs is 4. The first-order chi connectivity index (χ1) is 17.7. The Hall–Kier alpha value is -4.06. The predicted octanol–water partition coefficient (Wildman–Crippen LogP) is 5.56. The number of rotatable bonds is 5. The highest BCUT2D eigenvalue weighted by molar-refractivity contribution is 5.79. The van der Waals surface area contributed by atoms with Crippen LogP contribution in [0.15, 0.2) is 89.0 Å². The number of hydrogen-bond donors (Lipinski definition) is 1. The molecule has 1 spiro atoms. The summed E-state index contributed by atoms with van der Waals surface area (Å²) in [6, 6.07) is 22.3. The van der Waals surface area contributed by atoms with Gasteiger partial charge in [-0.1, -0.05) is 73.9 Å². The molecule has 0 saturated heterocycles. The van der Waals surface area contributed by atoms with Crippen LogP contribution >= 0.6 is 0 Å². The number of pyridine rings is 1. The van der Waals surface area contributed by atoms with E-state index < -0.39 is 0 Å². The van der Waals surface area contributed by atoms with Gasteiger partial charge in [0.2, 0.25) is 5.95 Å². The van der Waals surface area contributed by atoms with Crippen molar-refractivity contribution in [3.05, 3.63) is 112 Å². The number of benzene rings is 2. The molecule has 2 aliphatic rings. The second kappa shape index (κ2) is 9.53. The first-order valence-electron chi connectivity index (χ1n) is 12.7. The number of nitrogens with one attached hydrogen (secondary N) is 1. The van der Waals surface area contributed by atoms with E-state index in [-0.39, 0.29) is 11.0 Å². The van der Waals surface area contributed by atoms with Crippen molar-refractivity contribution < 1.29 is 0 Å². The summed E-state index contributed by atoms with van der Waals surface area (Å²) in [5.41, 5.74) is 9.01. The van der Waals surface area contributed by atoms with Crippen molar-refractivity contribution in [3.63, 3.8) is 0 Å². The van der Waals surface area contributed by atoms with Gasteiger partial charge in [0.1, 0.15) is 0 Å². The maximum absolute atomic E-state index is 14.4. The molecule has 0 unspecified atom stereocenters. The first kappa shape index (κ1) is 22.4. The summed E-state index contributed by atoms with van der Waals surface area (Å²) >= 11 is 0. The first-order valence-corrected chi connectivity index (χ1v) is 12.7. The molecule has 6 nitrogen and oxygen atoms in total. The van der Waals surface area contributed by atoms with Crippen LogP contribution < -0.4 is 11.0 Å². The highest BCUT2D eigenvalue weighted by Crippen LogP contribution is 2.48. The molecule has 1 N–H and O–H groups in total. The molecule has 2 heterocycles. The van der Waals surface area contributed by atoms with Crippen LogP contribution in [0.4, 0.5) is 5.95 Å². The molecule has 0 radical (unpaired) electrons. The monoisotopic (exact) mass is 475 g/mol. The molecule has 180 valence electrons. The van der Waals surface area contributed by atoms with Gasteiger partial charge in [-0.3, -0.25) is 14.3 Å². The van der Waals surface area contributed by atoms with Gasteiger partial charge in [0.05, 0.1) is 24.0 Å². The van der Waals surface area contributed by atoms with E-state index in [1.807, 2.05) is 48.5 Å². The van der Waals surface area contributed by atoms with Crippen molar-refractivity contribution >= 4 is 12.2 Å². The van der Waals surface area contributed by atoms with Crippen LogP contribution in [0.1, 0.15) is 54.4 Å². The van der Waals surface area contributed by atoms with Crippen LogP contribution in [0, 0.1) is 0 Å². The average Bonchev–Trinajstić information content (AvgIpc) is 2.92. The van der Waals surface area contributed by atoms with Gasteiger partial charge in [-0.05, 0) is 48.1 Å². The van der Waals surface area contributed by atoms with Crippen LogP contribution in [0.2, 0.25) is 0 Å². The van der Waals surface area contributed by atoms with E-state index in [1.165, 1.54) is 12.0 Å². The lowest BCUT2D eigenvalue weighted by Crippen LogP contribution is -2.43. The van der Waals surface area contributed by atoms with Crippen molar-refractivity contribution in [2.75, 3.05) is 5.43 Å². The van der Waals surface area contributed by atoms with Gasteiger partial charge in [-0.2, -0.15) is 5.10 Å². The minimum absolute atomic E-state index is 0.0434. The van der Waals surface area contributed by atoms with Crippen LogP contribution in [0.25, 0.3) is 11.3 Å². The summed E-state index contributed by atoms with van der Waals surface area (Å²) in [4.78, 5) is 23.6. The van der Waals surface area contributed by atoms with Crippen LogP contribution in [-0.4, -0.2) is 20.7 Å². The van der Waals surface area contributed by atoms with E-state index in [0.717, 1.165) is 60.1 Å². The average molecular weight is 476 g/mol. The number of anilines is 1. The quantitative estimate of drug-likeness (QED) is 0.303. The molecule has 4 aromatic rings. The zero-order chi connectivity index (χ0) is 24.4. The molecule has 1 fully saturated rings. The maximum Gasteiger partial charge on any atom is 0.259 e. The van der Waals surface area contributed by atoms with Gasteiger partial charge < -0.3 is 0 Å². The van der Waals surface area contributed by atoms with Crippen LogP contribution in [0.3, 0.4) is 0 Å². The highest BCUT2D eigenvalue weighted by atomic mass is 16.1. The Labute approximate surface area is 210 Å². The van der Waals surface area contributed by atoms with Gasteiger partial charge >= 0.3 is 0 Å². The number of aromatic nitrogens is 3. The van der Waals surface area contributed by atoms with Gasteiger partial charge in [-0.15, -0.1) is 0 Å². The normalized spacial score (nSPS) is 16.0. The van der Waals surface area contributed by atoms with E-state index in [2.05, 4.69) is 33.7 Å². The molecular weight excluding hydrogens is 446 g/mol. The van der Waals surface area contributed by atoms with Crippen LogP contribution in [0.5, 0.6) is 0 Å². The Kier molecular flexibility index (Phi) is 5.93. The predicted molar refractivity (Wildman–Crippen MR) is 143 cm³/mol. The molecule has 6 rings (SSSR count). The maximum atomic E-state index is 14.4. The second-order valence-electron chi connectivity index (χ2n) is 9.86. The Morgan fingerprint density at radius 1 is 0.944 bits per heavy atom. The molecule has 1 saturated carbocycles. The van der Waals surface area contributed by atoms with Crippen molar-refractivity contribution in [1.29, 1.82) is 0 Å². The third kappa shape index (κ3) is 4.13. The Bertz CT molecular complexity index is 1450. The third-order valence-corrected chi connectivity index (χ3v) is 7.58. The summed E-state index contributed by atoms with van der Waals surface area (Å²) in [6.07, 6.45) is 11.7. The Balaban J connectivity index is 1.52. The fourth-order valence-electron chi connectivity index (χ4n) is 5.85. The molecule has 36 heavy (non-hydrogen) atoms. The molecular formula is C30H29N5O. The third-order valence-electron chi connectivity index (χ3n) is 7.58. The van der Waals surface area contributed by atoms with E-state index in [9.17, 15) is 4.79 Å². The van der Waals surface area contributed by atoms with Gasteiger partial charge in [0, 0.05) is 23.4 Å². The van der Waals surface area contributed by atoms with E-state index in [0.29, 0.717) is 12.5 Å². The minimum Gasteiger partial charge on any atom is -0.273 e. The lowest BCUT2D eigenvalue weighted by Gasteiger charge is -2.42. The smallest absolute Gasteiger partial charge is 0.259 e. The van der Waals surface area contributed by atoms with Crippen molar-refractivity contribution in [2.24, 2.45) is 5.10 Å². The standard InChI is InChI=1S/C30H29N5O/c36-28-26-27(25-12-6-5-11-24(25)19-30(26)15-7-2-8-16-30)33-29(34-32-20-22-13-17-31-18-14-22)35(28)21-23-9-3-1-4-10-23/h1,3-6,9-14,17-18,20H,2,7-8,15-16,19,21H2,(H,33,34). The highest BCUT2D eigenvalue weighted by Gasteiger charge is 2.43. The lowest BCUT2D eigenvalue weighted by atomic mass is 9.62. The molecule has 2 aromatic carbocycles. The molecule has 0 bridgehead atoms. The van der Waals surface area contributed by atoms with E-state index in [4.69, 9.17) is 4.98 Å². The number of nitrogens with zero attached hydrogens (tertiary/aromatic N) is 4. The Morgan fingerprint density at radius 3 is 2.50 bits per heavy atom. The van der Waals surface area contributed by atoms with Crippen molar-refractivity contribution in [2.45, 2.75) is 50.5 Å². The zero-order valence-corrected chi connectivity index (χ0v) is 20.2. The Morgan fingerprint density at radius 2 is 1.69 bits per heavy atom. The van der Waals surface area contributed by atoms with Gasteiger partial charge in [-0.25, -0.2) is 10.4 Å². The summed E-state index contributed by atoms with van der Waals surface area (Å²) in [5.74, 6) is 0.454. The molecule has 0 atom stereocenters.